The molecular formula is C38H35N5O6. The number of amides is 1. The van der Waals surface area contributed by atoms with Crippen LogP contribution in [0.3, 0.4) is 0 Å². The summed E-state index contributed by atoms with van der Waals surface area (Å²) in [6.45, 7) is 0.0601. The maximum Gasteiger partial charge on any atom is 0.256 e. The molecule has 11 heteroatoms. The third kappa shape index (κ3) is 6.22. The van der Waals surface area contributed by atoms with Crippen molar-refractivity contribution < 1.29 is 28.8 Å². The molecule has 2 N–H and O–H groups in total. The lowest BCUT2D eigenvalue weighted by Crippen LogP contribution is -2.38. The van der Waals surface area contributed by atoms with E-state index in [0.717, 1.165) is 28.2 Å². The van der Waals surface area contributed by atoms with Gasteiger partial charge < -0.3 is 29.4 Å². The summed E-state index contributed by atoms with van der Waals surface area (Å²) in [7, 11) is 3.26. The fourth-order valence-corrected chi connectivity index (χ4v) is 6.24. The van der Waals surface area contributed by atoms with Crippen LogP contribution in [0.15, 0.2) is 122 Å². The molecule has 11 nitrogen and oxygen atoms in total. The van der Waals surface area contributed by atoms with E-state index >= 15 is 0 Å². The summed E-state index contributed by atoms with van der Waals surface area (Å²) in [6, 6.07) is 34.4. The van der Waals surface area contributed by atoms with Gasteiger partial charge in [0.05, 0.1) is 33.3 Å². The van der Waals surface area contributed by atoms with Gasteiger partial charge in [-0.2, -0.15) is 0 Å². The first-order valence-electron chi connectivity index (χ1n) is 15.9. The zero-order valence-corrected chi connectivity index (χ0v) is 27.0. The zero-order chi connectivity index (χ0) is 33.8. The number of hydrogen-bond acceptors (Lipinski definition) is 9. The molecule has 248 valence electrons. The molecule has 1 aliphatic rings. The van der Waals surface area contributed by atoms with E-state index in [0.29, 0.717) is 16.7 Å². The molecule has 7 rings (SSSR count). The summed E-state index contributed by atoms with van der Waals surface area (Å²) in [5.41, 5.74) is 2.94. The molecule has 6 aromatic rings. The number of benzene rings is 4. The number of imidazole rings is 1. The summed E-state index contributed by atoms with van der Waals surface area (Å²) in [4.78, 5) is 26.0. The van der Waals surface area contributed by atoms with Crippen LogP contribution in [0.1, 0.15) is 39.7 Å². The summed E-state index contributed by atoms with van der Waals surface area (Å²) in [6.07, 6.45) is 1.11. The van der Waals surface area contributed by atoms with Gasteiger partial charge in [-0.05, 0) is 53.1 Å². The van der Waals surface area contributed by atoms with Crippen molar-refractivity contribution in [1.82, 2.24) is 19.5 Å². The standard InChI is InChI=1S/C38H35N5O6/c1-46-29-17-13-27(14-18-29)38(26-11-7-4-8-12-26,28-15-19-30(47-2)20-16-28)48-22-32-31(44)21-33(49-32)43-24-41-34-35(39-23-40-36(34)43)42-37(45)25-9-5-3-6-10-25/h3-20,23-24,31-33,44H,21-22H2,1-2H3,(H,39,40,42,45)/t31-,32+,33?/m0/s1. The minimum atomic E-state index is -1.07. The van der Waals surface area contributed by atoms with Crippen LogP contribution in [0.25, 0.3) is 11.2 Å². The first-order chi connectivity index (χ1) is 24.0. The highest BCUT2D eigenvalue weighted by Crippen LogP contribution is 2.43. The quantitative estimate of drug-likeness (QED) is 0.167. The molecule has 0 aliphatic carbocycles. The summed E-state index contributed by atoms with van der Waals surface area (Å²) < 4.78 is 26.1. The minimum absolute atomic E-state index is 0.0601. The molecule has 4 aromatic carbocycles. The maximum atomic E-state index is 12.8. The van der Waals surface area contributed by atoms with Gasteiger partial charge in [0.2, 0.25) is 0 Å². The normalized spacial score (nSPS) is 17.6. The van der Waals surface area contributed by atoms with Gasteiger partial charge in [-0.3, -0.25) is 9.36 Å². The van der Waals surface area contributed by atoms with E-state index in [-0.39, 0.29) is 24.8 Å². The largest absolute Gasteiger partial charge is 0.497 e. The van der Waals surface area contributed by atoms with E-state index in [9.17, 15) is 9.90 Å². The van der Waals surface area contributed by atoms with Crippen molar-refractivity contribution >= 4 is 22.9 Å². The third-order valence-electron chi connectivity index (χ3n) is 8.78. The Balaban J connectivity index is 1.18. The van der Waals surface area contributed by atoms with E-state index in [4.69, 9.17) is 18.9 Å². The fourth-order valence-electron chi connectivity index (χ4n) is 6.24. The van der Waals surface area contributed by atoms with Crippen LogP contribution in [0.5, 0.6) is 11.5 Å². The second-order valence-corrected chi connectivity index (χ2v) is 11.6. The Morgan fingerprint density at radius 1 is 0.837 bits per heavy atom. The summed E-state index contributed by atoms with van der Waals surface area (Å²) in [5, 5.41) is 14.1. The molecule has 1 saturated heterocycles. The van der Waals surface area contributed by atoms with E-state index in [1.165, 1.54) is 6.33 Å². The van der Waals surface area contributed by atoms with E-state index in [1.54, 1.807) is 49.4 Å². The molecule has 1 aliphatic heterocycles. The van der Waals surface area contributed by atoms with Crippen LogP contribution in [0, 0.1) is 0 Å². The molecule has 1 unspecified atom stereocenters. The Hall–Kier alpha value is -5.62. The predicted molar refractivity (Wildman–Crippen MR) is 183 cm³/mol. The van der Waals surface area contributed by atoms with Gasteiger partial charge in [-0.15, -0.1) is 0 Å². The number of nitrogens with one attached hydrogen (secondary N) is 1. The SMILES string of the molecule is COc1ccc(C(OC[C@H]2OC(n3cnc4c(NC(=O)c5ccccc5)ncnc43)C[C@@H]2O)(c2ccccc2)c2ccc(OC)cc2)cc1. The second kappa shape index (κ2) is 13.9. The Morgan fingerprint density at radius 2 is 1.43 bits per heavy atom. The van der Waals surface area contributed by atoms with Gasteiger partial charge in [0.25, 0.3) is 5.91 Å². The summed E-state index contributed by atoms with van der Waals surface area (Å²) >= 11 is 0. The lowest BCUT2D eigenvalue weighted by Gasteiger charge is -2.37. The average molecular weight is 658 g/mol. The first kappa shape index (κ1) is 32.0. The maximum absolute atomic E-state index is 12.8. The Kier molecular flexibility index (Phi) is 9.03. The molecule has 0 radical (unpaired) electrons. The molecule has 1 amide bonds. The second-order valence-electron chi connectivity index (χ2n) is 11.6. The molecular weight excluding hydrogens is 622 g/mol. The van der Waals surface area contributed by atoms with E-state index in [1.807, 2.05) is 84.9 Å². The minimum Gasteiger partial charge on any atom is -0.497 e. The van der Waals surface area contributed by atoms with Crippen molar-refractivity contribution in [3.05, 3.63) is 144 Å². The number of anilines is 1. The number of ether oxygens (including phenoxy) is 4. The number of carbonyl (C=O) groups excluding carboxylic acids is 1. The highest BCUT2D eigenvalue weighted by molar-refractivity contribution is 6.06. The Labute approximate surface area is 283 Å². The van der Waals surface area contributed by atoms with Gasteiger partial charge in [0, 0.05) is 12.0 Å². The molecule has 0 bridgehead atoms. The predicted octanol–water partition coefficient (Wildman–Crippen LogP) is 5.75. The number of aromatic nitrogens is 4. The summed E-state index contributed by atoms with van der Waals surface area (Å²) in [5.74, 6) is 1.41. The van der Waals surface area contributed by atoms with Crippen LogP contribution in [0.4, 0.5) is 5.82 Å². The van der Waals surface area contributed by atoms with Crippen molar-refractivity contribution in [2.75, 3.05) is 26.1 Å². The first-order valence-corrected chi connectivity index (χ1v) is 15.9. The van der Waals surface area contributed by atoms with Crippen LogP contribution in [-0.4, -0.2) is 63.6 Å². The zero-order valence-electron chi connectivity index (χ0n) is 27.0. The van der Waals surface area contributed by atoms with Crippen LogP contribution in [-0.2, 0) is 15.1 Å². The number of carbonyl (C=O) groups is 1. The van der Waals surface area contributed by atoms with Crippen molar-refractivity contribution in [1.29, 1.82) is 0 Å². The number of nitrogens with zero attached hydrogens (tertiary/aromatic N) is 4. The smallest absolute Gasteiger partial charge is 0.256 e. The van der Waals surface area contributed by atoms with Gasteiger partial charge in [-0.25, -0.2) is 15.0 Å². The van der Waals surface area contributed by atoms with E-state index < -0.39 is 24.0 Å². The third-order valence-corrected chi connectivity index (χ3v) is 8.78. The van der Waals surface area contributed by atoms with Crippen molar-refractivity contribution in [2.24, 2.45) is 0 Å². The number of aliphatic hydroxyl groups is 1. The van der Waals surface area contributed by atoms with Crippen molar-refractivity contribution in [2.45, 2.75) is 30.5 Å². The molecule has 2 aromatic heterocycles. The monoisotopic (exact) mass is 657 g/mol. The average Bonchev–Trinajstić information content (AvgIpc) is 3.76. The van der Waals surface area contributed by atoms with Crippen LogP contribution < -0.4 is 14.8 Å². The number of rotatable bonds is 11. The van der Waals surface area contributed by atoms with Gasteiger partial charge in [0.1, 0.15) is 35.8 Å². The number of fused-ring (bicyclic) bond motifs is 1. The Bertz CT molecular complexity index is 1970. The van der Waals surface area contributed by atoms with Crippen LogP contribution >= 0.6 is 0 Å². The highest BCUT2D eigenvalue weighted by atomic mass is 16.6. The molecule has 0 saturated carbocycles. The number of methoxy groups -OCH3 is 2. The topological polar surface area (TPSA) is 130 Å². The van der Waals surface area contributed by atoms with Crippen molar-refractivity contribution in [3.8, 4) is 11.5 Å². The molecule has 0 spiro atoms. The van der Waals surface area contributed by atoms with Crippen LogP contribution in [0.2, 0.25) is 0 Å². The molecule has 1 fully saturated rings. The lowest BCUT2D eigenvalue weighted by molar-refractivity contribution is -0.0931. The molecule has 49 heavy (non-hydrogen) atoms. The van der Waals surface area contributed by atoms with Crippen molar-refractivity contribution in [3.63, 3.8) is 0 Å². The molecule has 3 atom stereocenters. The highest BCUT2D eigenvalue weighted by Gasteiger charge is 2.42. The fraction of sp³-hybridized carbons (Fsp3) is 0.211. The number of aliphatic hydroxyl groups excluding tert-OH is 1. The molecule has 3 heterocycles. The van der Waals surface area contributed by atoms with Gasteiger partial charge in [-0.1, -0.05) is 72.8 Å². The van der Waals surface area contributed by atoms with Gasteiger partial charge >= 0.3 is 0 Å². The lowest BCUT2D eigenvalue weighted by atomic mass is 9.80. The number of hydrogen-bond donors (Lipinski definition) is 2. The van der Waals surface area contributed by atoms with Gasteiger partial charge in [0.15, 0.2) is 17.0 Å². The Morgan fingerprint density at radius 3 is 2.04 bits per heavy atom. The van der Waals surface area contributed by atoms with E-state index in [2.05, 4.69) is 20.3 Å².